The molecule has 0 bridgehead atoms. The van der Waals surface area contributed by atoms with Crippen molar-refractivity contribution in [1.82, 2.24) is 5.43 Å². The molecule has 0 aliphatic rings. The molecule has 1 aromatic heterocycles. The summed E-state index contributed by atoms with van der Waals surface area (Å²) >= 11 is 1.60. The summed E-state index contributed by atoms with van der Waals surface area (Å²) in [6, 6.07) is 3.93. The fraction of sp³-hybridized carbons (Fsp3) is 0.600. The minimum Gasteiger partial charge on any atom is -0.273 e. The first-order valence-corrected chi connectivity index (χ1v) is 8.06. The Morgan fingerprint density at radius 3 is 2.68 bits per heavy atom. The summed E-state index contributed by atoms with van der Waals surface area (Å²) in [5.74, 6) is 0.0152. The highest BCUT2D eigenvalue weighted by Gasteiger charge is 1.99. The Bertz CT molecular complexity index is 360. The van der Waals surface area contributed by atoms with Gasteiger partial charge in [-0.1, -0.05) is 51.5 Å². The maximum Gasteiger partial charge on any atom is 0.240 e. The van der Waals surface area contributed by atoms with Gasteiger partial charge in [0.25, 0.3) is 0 Å². The number of thiophene rings is 1. The Balaban J connectivity index is 1.96. The van der Waals surface area contributed by atoms with Gasteiger partial charge in [-0.05, 0) is 17.9 Å². The predicted molar refractivity (Wildman–Crippen MR) is 82.7 cm³/mol. The molecule has 0 spiro atoms. The van der Waals surface area contributed by atoms with E-state index in [0.29, 0.717) is 6.42 Å². The van der Waals surface area contributed by atoms with Crippen molar-refractivity contribution in [3.05, 3.63) is 22.4 Å². The molecule has 1 N–H and O–H groups in total. The number of nitrogens with one attached hydrogen (secondary N) is 1. The lowest BCUT2D eigenvalue weighted by Gasteiger charge is -2.01. The summed E-state index contributed by atoms with van der Waals surface area (Å²) in [7, 11) is 0. The Morgan fingerprint density at radius 2 is 2.00 bits per heavy atom. The van der Waals surface area contributed by atoms with Crippen LogP contribution in [-0.2, 0) is 4.79 Å². The lowest BCUT2D eigenvalue weighted by molar-refractivity contribution is -0.121. The number of rotatable bonds is 10. The number of hydrogen-bond acceptors (Lipinski definition) is 3. The minimum atomic E-state index is 0.0152. The molecule has 3 nitrogen and oxygen atoms in total. The van der Waals surface area contributed by atoms with Gasteiger partial charge in [0.15, 0.2) is 0 Å². The molecular formula is C15H24N2OS. The predicted octanol–water partition coefficient (Wildman–Crippen LogP) is 4.34. The maximum atomic E-state index is 11.5. The summed E-state index contributed by atoms with van der Waals surface area (Å²) in [4.78, 5) is 12.5. The topological polar surface area (TPSA) is 41.5 Å². The van der Waals surface area contributed by atoms with Gasteiger partial charge >= 0.3 is 0 Å². The molecule has 0 aliphatic carbocycles. The molecule has 1 amide bonds. The van der Waals surface area contributed by atoms with Gasteiger partial charge in [0, 0.05) is 11.3 Å². The summed E-state index contributed by atoms with van der Waals surface area (Å²) in [5, 5.41) is 5.93. The highest BCUT2D eigenvalue weighted by atomic mass is 32.1. The van der Waals surface area contributed by atoms with Gasteiger partial charge in [0.05, 0.1) is 6.21 Å². The van der Waals surface area contributed by atoms with Crippen molar-refractivity contribution in [3.63, 3.8) is 0 Å². The maximum absolute atomic E-state index is 11.5. The molecule has 0 fully saturated rings. The summed E-state index contributed by atoms with van der Waals surface area (Å²) in [6.45, 7) is 2.22. The fourth-order valence-electron chi connectivity index (χ4n) is 1.83. The van der Waals surface area contributed by atoms with E-state index >= 15 is 0 Å². The van der Waals surface area contributed by atoms with Crippen LogP contribution in [0, 0.1) is 0 Å². The van der Waals surface area contributed by atoms with Crippen molar-refractivity contribution in [1.29, 1.82) is 0 Å². The molecule has 19 heavy (non-hydrogen) atoms. The first kappa shape index (κ1) is 15.9. The van der Waals surface area contributed by atoms with Crippen molar-refractivity contribution in [2.45, 2.75) is 58.3 Å². The van der Waals surface area contributed by atoms with E-state index < -0.39 is 0 Å². The standard InChI is InChI=1S/C15H24N2OS/c1-2-3-4-5-6-7-8-11-15(18)17-16-13-14-10-9-12-19-14/h9-10,12-13H,2-8,11H2,1H3,(H,17,18). The second kappa shape index (κ2) is 10.7. The van der Waals surface area contributed by atoms with Crippen LogP contribution in [0.25, 0.3) is 0 Å². The minimum absolute atomic E-state index is 0.0152. The lowest BCUT2D eigenvalue weighted by Crippen LogP contribution is -2.16. The number of nitrogens with zero attached hydrogens (tertiary/aromatic N) is 1. The van der Waals surface area contributed by atoms with Crippen LogP contribution < -0.4 is 5.43 Å². The van der Waals surface area contributed by atoms with E-state index in [4.69, 9.17) is 0 Å². The van der Waals surface area contributed by atoms with E-state index in [1.165, 1.54) is 32.1 Å². The zero-order valence-corrected chi connectivity index (χ0v) is 12.5. The van der Waals surface area contributed by atoms with Crippen LogP contribution in [-0.4, -0.2) is 12.1 Å². The van der Waals surface area contributed by atoms with E-state index in [9.17, 15) is 4.79 Å². The van der Waals surface area contributed by atoms with Gasteiger partial charge in [0.2, 0.25) is 5.91 Å². The second-order valence-corrected chi connectivity index (χ2v) is 5.66. The number of hydrogen-bond donors (Lipinski definition) is 1. The first-order chi connectivity index (χ1) is 9.33. The third-order valence-corrected chi connectivity index (χ3v) is 3.74. The van der Waals surface area contributed by atoms with Crippen LogP contribution >= 0.6 is 11.3 Å². The van der Waals surface area contributed by atoms with Crippen LogP contribution in [0.5, 0.6) is 0 Å². The molecule has 0 unspecified atom stereocenters. The number of hydrazone groups is 1. The van der Waals surface area contributed by atoms with E-state index in [0.717, 1.165) is 17.7 Å². The normalized spacial score (nSPS) is 11.0. The van der Waals surface area contributed by atoms with E-state index in [1.807, 2.05) is 17.5 Å². The molecule has 0 saturated heterocycles. The average Bonchev–Trinajstić information content (AvgIpc) is 2.91. The zero-order chi connectivity index (χ0) is 13.8. The molecule has 0 aliphatic heterocycles. The number of unbranched alkanes of at least 4 members (excludes halogenated alkanes) is 6. The van der Waals surface area contributed by atoms with Gasteiger partial charge in [0.1, 0.15) is 0 Å². The summed E-state index contributed by atoms with van der Waals surface area (Å²) in [5.41, 5.74) is 2.57. The van der Waals surface area contributed by atoms with Gasteiger partial charge in [-0.25, -0.2) is 5.43 Å². The van der Waals surface area contributed by atoms with E-state index in [1.54, 1.807) is 17.6 Å². The molecule has 1 aromatic rings. The smallest absolute Gasteiger partial charge is 0.240 e. The Labute approximate surface area is 120 Å². The highest BCUT2D eigenvalue weighted by Crippen LogP contribution is 2.08. The quantitative estimate of drug-likeness (QED) is 0.386. The van der Waals surface area contributed by atoms with Crippen molar-refractivity contribution in [2.24, 2.45) is 5.10 Å². The molecule has 1 rings (SSSR count). The van der Waals surface area contributed by atoms with Crippen molar-refractivity contribution in [3.8, 4) is 0 Å². The van der Waals surface area contributed by atoms with Crippen molar-refractivity contribution in [2.75, 3.05) is 0 Å². The average molecular weight is 280 g/mol. The third kappa shape index (κ3) is 8.54. The zero-order valence-electron chi connectivity index (χ0n) is 11.7. The highest BCUT2D eigenvalue weighted by molar-refractivity contribution is 7.11. The summed E-state index contributed by atoms with van der Waals surface area (Å²) in [6.07, 6.45) is 10.9. The summed E-state index contributed by atoms with van der Waals surface area (Å²) < 4.78 is 0. The SMILES string of the molecule is CCCCCCCCCC(=O)NN=Cc1cccs1. The molecule has 0 radical (unpaired) electrons. The molecule has 0 atom stereocenters. The Kier molecular flexibility index (Phi) is 8.98. The van der Waals surface area contributed by atoms with Gasteiger partial charge < -0.3 is 0 Å². The first-order valence-electron chi connectivity index (χ1n) is 7.18. The van der Waals surface area contributed by atoms with E-state index in [-0.39, 0.29) is 5.91 Å². The molecule has 0 saturated carbocycles. The second-order valence-electron chi connectivity index (χ2n) is 4.68. The monoisotopic (exact) mass is 280 g/mol. The van der Waals surface area contributed by atoms with Crippen LogP contribution in [0.1, 0.15) is 63.2 Å². The number of carbonyl (C=O) groups excluding carboxylic acids is 1. The largest absolute Gasteiger partial charge is 0.273 e. The van der Waals surface area contributed by atoms with Crippen LogP contribution in [0.3, 0.4) is 0 Å². The molecule has 1 heterocycles. The lowest BCUT2D eigenvalue weighted by atomic mass is 10.1. The van der Waals surface area contributed by atoms with Crippen molar-refractivity contribution < 1.29 is 4.79 Å². The Hall–Kier alpha value is -1.16. The molecule has 106 valence electrons. The molecule has 0 aromatic carbocycles. The Morgan fingerprint density at radius 1 is 1.26 bits per heavy atom. The van der Waals surface area contributed by atoms with Crippen LogP contribution in [0.15, 0.2) is 22.6 Å². The van der Waals surface area contributed by atoms with Crippen molar-refractivity contribution >= 4 is 23.5 Å². The number of amides is 1. The van der Waals surface area contributed by atoms with Crippen LogP contribution in [0.2, 0.25) is 0 Å². The molecule has 4 heteroatoms. The molecular weight excluding hydrogens is 256 g/mol. The van der Waals surface area contributed by atoms with Gasteiger partial charge in [-0.15, -0.1) is 11.3 Å². The van der Waals surface area contributed by atoms with Crippen LogP contribution in [0.4, 0.5) is 0 Å². The van der Waals surface area contributed by atoms with Gasteiger partial charge in [-0.2, -0.15) is 5.10 Å². The van der Waals surface area contributed by atoms with Gasteiger partial charge in [-0.3, -0.25) is 4.79 Å². The number of carbonyl (C=O) groups is 1. The van der Waals surface area contributed by atoms with E-state index in [2.05, 4.69) is 17.5 Å². The third-order valence-electron chi connectivity index (χ3n) is 2.93. The fourth-order valence-corrected chi connectivity index (χ4v) is 2.42.